The standard InChI is InChI=1S/C10H15NS/c1-9(11-7-8-12)10-5-3-2-4-6-10/h2-6,9,11-12H,7-8H2,1H3. The monoisotopic (exact) mass is 181 g/mol. The van der Waals surface area contributed by atoms with Crippen molar-refractivity contribution < 1.29 is 0 Å². The van der Waals surface area contributed by atoms with Crippen molar-refractivity contribution in [1.82, 2.24) is 5.32 Å². The van der Waals surface area contributed by atoms with Crippen LogP contribution in [0.3, 0.4) is 0 Å². The molecule has 0 aliphatic heterocycles. The summed E-state index contributed by atoms with van der Waals surface area (Å²) >= 11 is 4.15. The third-order valence-corrected chi connectivity index (χ3v) is 2.09. The summed E-state index contributed by atoms with van der Waals surface area (Å²) < 4.78 is 0. The van der Waals surface area contributed by atoms with Gasteiger partial charge in [-0.1, -0.05) is 30.3 Å². The molecule has 0 aromatic heterocycles. The molecule has 1 atom stereocenters. The molecule has 1 nitrogen and oxygen atoms in total. The number of benzene rings is 1. The van der Waals surface area contributed by atoms with Crippen LogP contribution in [-0.2, 0) is 0 Å². The van der Waals surface area contributed by atoms with Gasteiger partial charge in [0.1, 0.15) is 0 Å². The van der Waals surface area contributed by atoms with Crippen molar-refractivity contribution in [2.45, 2.75) is 13.0 Å². The minimum atomic E-state index is 0.429. The Kier molecular flexibility index (Phi) is 4.19. The van der Waals surface area contributed by atoms with Crippen molar-refractivity contribution in [3.05, 3.63) is 35.9 Å². The summed E-state index contributed by atoms with van der Waals surface area (Å²) in [4.78, 5) is 0. The second kappa shape index (κ2) is 5.22. The Labute approximate surface area is 79.6 Å². The summed E-state index contributed by atoms with van der Waals surface area (Å²) in [6.07, 6.45) is 0. The zero-order valence-corrected chi connectivity index (χ0v) is 8.22. The van der Waals surface area contributed by atoms with E-state index >= 15 is 0 Å². The van der Waals surface area contributed by atoms with Gasteiger partial charge in [0.25, 0.3) is 0 Å². The van der Waals surface area contributed by atoms with Crippen LogP contribution in [0.5, 0.6) is 0 Å². The van der Waals surface area contributed by atoms with Gasteiger partial charge < -0.3 is 5.32 Å². The molecule has 1 rings (SSSR count). The van der Waals surface area contributed by atoms with Gasteiger partial charge in [0.15, 0.2) is 0 Å². The van der Waals surface area contributed by atoms with Gasteiger partial charge in [-0.2, -0.15) is 12.6 Å². The van der Waals surface area contributed by atoms with Crippen LogP contribution >= 0.6 is 12.6 Å². The first-order chi connectivity index (χ1) is 5.84. The summed E-state index contributed by atoms with van der Waals surface area (Å²) in [6.45, 7) is 3.12. The quantitative estimate of drug-likeness (QED) is 0.679. The number of rotatable bonds is 4. The number of thiol groups is 1. The topological polar surface area (TPSA) is 12.0 Å². The average Bonchev–Trinajstić information content (AvgIpc) is 2.15. The molecule has 0 aliphatic rings. The number of hydrogen-bond acceptors (Lipinski definition) is 2. The molecule has 0 bridgehead atoms. The SMILES string of the molecule is CC(NCCS)c1ccccc1. The summed E-state index contributed by atoms with van der Waals surface area (Å²) in [5.74, 6) is 0.886. The minimum Gasteiger partial charge on any atom is -0.309 e. The highest BCUT2D eigenvalue weighted by atomic mass is 32.1. The number of nitrogens with one attached hydrogen (secondary N) is 1. The lowest BCUT2D eigenvalue weighted by atomic mass is 10.1. The van der Waals surface area contributed by atoms with Gasteiger partial charge in [-0.05, 0) is 12.5 Å². The van der Waals surface area contributed by atoms with Gasteiger partial charge in [0.05, 0.1) is 0 Å². The van der Waals surface area contributed by atoms with Crippen LogP contribution in [0.15, 0.2) is 30.3 Å². The molecule has 12 heavy (non-hydrogen) atoms. The van der Waals surface area contributed by atoms with Crippen molar-refractivity contribution in [2.24, 2.45) is 0 Å². The molecule has 0 amide bonds. The zero-order valence-electron chi connectivity index (χ0n) is 7.33. The van der Waals surface area contributed by atoms with E-state index < -0.39 is 0 Å². The van der Waals surface area contributed by atoms with Crippen LogP contribution in [0.25, 0.3) is 0 Å². The van der Waals surface area contributed by atoms with Crippen LogP contribution in [0.2, 0.25) is 0 Å². The molecule has 2 heteroatoms. The molecular formula is C10H15NS. The Morgan fingerprint density at radius 1 is 1.33 bits per heavy atom. The van der Waals surface area contributed by atoms with E-state index in [1.54, 1.807) is 0 Å². The molecule has 0 radical (unpaired) electrons. The Bertz CT molecular complexity index is 210. The van der Waals surface area contributed by atoms with Gasteiger partial charge in [0, 0.05) is 18.3 Å². The first kappa shape index (κ1) is 9.62. The Hall–Kier alpha value is -0.470. The smallest absolute Gasteiger partial charge is 0.0292 e. The van der Waals surface area contributed by atoms with E-state index in [9.17, 15) is 0 Å². The third-order valence-electron chi connectivity index (χ3n) is 1.86. The van der Waals surface area contributed by atoms with E-state index in [2.05, 4.69) is 49.1 Å². The Morgan fingerprint density at radius 2 is 2.00 bits per heavy atom. The fourth-order valence-electron chi connectivity index (χ4n) is 1.14. The lowest BCUT2D eigenvalue weighted by Crippen LogP contribution is -2.20. The maximum Gasteiger partial charge on any atom is 0.0292 e. The Balaban J connectivity index is 2.48. The van der Waals surface area contributed by atoms with Crippen LogP contribution in [0, 0.1) is 0 Å². The van der Waals surface area contributed by atoms with Crippen molar-refractivity contribution in [3.63, 3.8) is 0 Å². The van der Waals surface area contributed by atoms with Gasteiger partial charge in [-0.3, -0.25) is 0 Å². The highest BCUT2D eigenvalue weighted by molar-refractivity contribution is 7.80. The third kappa shape index (κ3) is 2.88. The first-order valence-corrected chi connectivity index (χ1v) is 4.87. The molecule has 0 fully saturated rings. The second-order valence-corrected chi connectivity index (χ2v) is 3.26. The predicted molar refractivity (Wildman–Crippen MR) is 56.7 cm³/mol. The zero-order chi connectivity index (χ0) is 8.81. The predicted octanol–water partition coefficient (Wildman–Crippen LogP) is 2.27. The fraction of sp³-hybridized carbons (Fsp3) is 0.400. The highest BCUT2D eigenvalue weighted by Gasteiger charge is 2.00. The van der Waals surface area contributed by atoms with E-state index in [1.165, 1.54) is 5.56 Å². The van der Waals surface area contributed by atoms with E-state index in [1.807, 2.05) is 6.07 Å². The minimum absolute atomic E-state index is 0.429. The van der Waals surface area contributed by atoms with Crippen LogP contribution in [0.4, 0.5) is 0 Å². The molecule has 0 heterocycles. The van der Waals surface area contributed by atoms with Crippen molar-refractivity contribution in [2.75, 3.05) is 12.3 Å². The molecule has 1 aromatic rings. The molecule has 0 saturated carbocycles. The average molecular weight is 181 g/mol. The van der Waals surface area contributed by atoms with E-state index in [4.69, 9.17) is 0 Å². The molecule has 0 spiro atoms. The largest absolute Gasteiger partial charge is 0.309 e. The van der Waals surface area contributed by atoms with Gasteiger partial charge in [0.2, 0.25) is 0 Å². The summed E-state index contributed by atoms with van der Waals surface area (Å²) in [5, 5.41) is 3.37. The van der Waals surface area contributed by atoms with Crippen molar-refractivity contribution in [3.8, 4) is 0 Å². The maximum absolute atomic E-state index is 4.15. The molecule has 0 saturated heterocycles. The van der Waals surface area contributed by atoms with E-state index in [0.717, 1.165) is 12.3 Å². The van der Waals surface area contributed by atoms with Gasteiger partial charge in [-0.15, -0.1) is 0 Å². The van der Waals surface area contributed by atoms with Crippen molar-refractivity contribution >= 4 is 12.6 Å². The normalized spacial score (nSPS) is 12.8. The molecule has 1 N–H and O–H groups in total. The van der Waals surface area contributed by atoms with Crippen molar-refractivity contribution in [1.29, 1.82) is 0 Å². The van der Waals surface area contributed by atoms with Crippen LogP contribution in [-0.4, -0.2) is 12.3 Å². The summed E-state index contributed by atoms with van der Waals surface area (Å²) in [6, 6.07) is 10.9. The second-order valence-electron chi connectivity index (χ2n) is 2.81. The first-order valence-electron chi connectivity index (χ1n) is 4.24. The van der Waals surface area contributed by atoms with Gasteiger partial charge in [-0.25, -0.2) is 0 Å². The maximum atomic E-state index is 4.15. The number of hydrogen-bond donors (Lipinski definition) is 2. The summed E-state index contributed by atoms with van der Waals surface area (Å²) in [7, 11) is 0. The fourth-order valence-corrected chi connectivity index (χ4v) is 1.27. The van der Waals surface area contributed by atoms with Crippen LogP contribution < -0.4 is 5.32 Å². The summed E-state index contributed by atoms with van der Waals surface area (Å²) in [5.41, 5.74) is 1.33. The van der Waals surface area contributed by atoms with E-state index in [0.29, 0.717) is 6.04 Å². The van der Waals surface area contributed by atoms with Crippen LogP contribution in [0.1, 0.15) is 18.5 Å². The molecule has 1 unspecified atom stereocenters. The lowest BCUT2D eigenvalue weighted by molar-refractivity contribution is 0.602. The molecule has 66 valence electrons. The lowest BCUT2D eigenvalue weighted by Gasteiger charge is -2.12. The molecular weight excluding hydrogens is 166 g/mol. The molecule has 0 aliphatic carbocycles. The van der Waals surface area contributed by atoms with Gasteiger partial charge >= 0.3 is 0 Å². The Morgan fingerprint density at radius 3 is 2.58 bits per heavy atom. The van der Waals surface area contributed by atoms with E-state index in [-0.39, 0.29) is 0 Å². The molecule has 1 aromatic carbocycles. The highest BCUT2D eigenvalue weighted by Crippen LogP contribution is 2.10.